The van der Waals surface area contributed by atoms with Crippen molar-refractivity contribution in [1.29, 1.82) is 0 Å². The van der Waals surface area contributed by atoms with Crippen LogP contribution >= 0.6 is 0 Å². The van der Waals surface area contributed by atoms with Gasteiger partial charge in [-0.2, -0.15) is 0 Å². The summed E-state index contributed by atoms with van der Waals surface area (Å²) in [6.07, 6.45) is 5.66. The molecule has 0 atom stereocenters. The van der Waals surface area contributed by atoms with Crippen molar-refractivity contribution in [3.63, 3.8) is 0 Å². The van der Waals surface area contributed by atoms with Gasteiger partial charge in [0.1, 0.15) is 11.3 Å². The number of aromatic nitrogens is 4. The fourth-order valence-corrected chi connectivity index (χ4v) is 4.00. The van der Waals surface area contributed by atoms with Crippen LogP contribution in [0.4, 0.5) is 4.39 Å². The zero-order valence-electron chi connectivity index (χ0n) is 17.2. The molecule has 31 heavy (non-hydrogen) atoms. The van der Waals surface area contributed by atoms with Gasteiger partial charge >= 0.3 is 0 Å². The Morgan fingerprint density at radius 3 is 2.77 bits per heavy atom. The van der Waals surface area contributed by atoms with Crippen LogP contribution in [0.15, 0.2) is 40.2 Å². The first-order valence-electron chi connectivity index (χ1n) is 10.3. The number of halogens is 1. The number of carbonyl (C=O) groups excluding carboxylic acids is 1. The molecule has 0 aromatic carbocycles. The van der Waals surface area contributed by atoms with Gasteiger partial charge in [-0.15, -0.1) is 5.10 Å². The second-order valence-corrected chi connectivity index (χ2v) is 7.68. The third kappa shape index (κ3) is 4.52. The maximum absolute atomic E-state index is 13.3. The number of hydrogen-bond acceptors (Lipinski definition) is 5. The van der Waals surface area contributed by atoms with Gasteiger partial charge in [0.15, 0.2) is 0 Å². The van der Waals surface area contributed by atoms with Crippen molar-refractivity contribution in [3.8, 4) is 5.88 Å². The Morgan fingerprint density at radius 1 is 1.26 bits per heavy atom. The molecule has 1 aliphatic rings. The van der Waals surface area contributed by atoms with Crippen molar-refractivity contribution in [1.82, 2.24) is 24.1 Å². The van der Waals surface area contributed by atoms with Crippen molar-refractivity contribution < 1.29 is 13.9 Å². The molecule has 3 aromatic rings. The number of H-pyrrole nitrogens is 1. The van der Waals surface area contributed by atoms with Gasteiger partial charge < -0.3 is 19.0 Å². The van der Waals surface area contributed by atoms with E-state index in [4.69, 9.17) is 4.74 Å². The van der Waals surface area contributed by atoms with Crippen molar-refractivity contribution in [2.75, 3.05) is 20.2 Å². The molecule has 0 radical (unpaired) electrons. The van der Waals surface area contributed by atoms with Gasteiger partial charge in [-0.25, -0.2) is 9.07 Å². The predicted octanol–water partition coefficient (Wildman–Crippen LogP) is 1.52. The van der Waals surface area contributed by atoms with Crippen LogP contribution < -0.4 is 15.9 Å². The van der Waals surface area contributed by atoms with E-state index in [0.717, 1.165) is 0 Å². The molecule has 1 aliphatic heterocycles. The lowest BCUT2D eigenvalue weighted by molar-refractivity contribution is -0.132. The van der Waals surface area contributed by atoms with Crippen molar-refractivity contribution in [3.05, 3.63) is 62.8 Å². The summed E-state index contributed by atoms with van der Waals surface area (Å²) >= 11 is 0. The Balaban J connectivity index is 1.30. The van der Waals surface area contributed by atoms with Crippen LogP contribution in [0.1, 0.15) is 37.4 Å². The lowest BCUT2D eigenvalue weighted by Crippen LogP contribution is -2.41. The van der Waals surface area contributed by atoms with Crippen LogP contribution in [-0.2, 0) is 11.2 Å². The molecule has 0 bridgehead atoms. The Bertz CT molecular complexity index is 1210. The molecule has 0 saturated carbocycles. The normalized spacial score (nSPS) is 14.8. The van der Waals surface area contributed by atoms with Crippen LogP contribution in [0, 0.1) is 5.82 Å². The number of aromatic amines is 1. The molecular formula is C21H24FN5O4. The molecule has 4 heterocycles. The second kappa shape index (κ2) is 8.75. The monoisotopic (exact) mass is 429 g/mol. The van der Waals surface area contributed by atoms with E-state index in [1.165, 1.54) is 40.6 Å². The Labute approximate surface area is 177 Å². The average Bonchev–Trinajstić information content (AvgIpc) is 3.15. The van der Waals surface area contributed by atoms with E-state index in [1.54, 1.807) is 11.1 Å². The molecule has 1 saturated heterocycles. The number of nitrogens with one attached hydrogen (secondary N) is 1. The standard InChI is InChI=1S/C21H24FN5O4/c1-31-18-5-6-20(29)27(24-18)16-7-9-25(10-8-16)19(28)4-2-3-15-13-26-12-14(22)11-17(26)21(30)23-15/h5-6,11-13,16H,2-4,7-10H2,1H3,(H,23,30). The van der Waals surface area contributed by atoms with Crippen LogP contribution in [0.5, 0.6) is 5.88 Å². The summed E-state index contributed by atoms with van der Waals surface area (Å²) in [5, 5.41) is 4.22. The Hall–Kier alpha value is -3.43. The number of aryl methyl sites for hydroxylation is 1. The number of methoxy groups -OCH3 is 1. The summed E-state index contributed by atoms with van der Waals surface area (Å²) in [4.78, 5) is 41.2. The molecule has 0 spiro atoms. The van der Waals surface area contributed by atoms with Crippen LogP contribution in [0.3, 0.4) is 0 Å². The lowest BCUT2D eigenvalue weighted by atomic mass is 10.0. The highest BCUT2D eigenvalue weighted by Crippen LogP contribution is 2.22. The smallest absolute Gasteiger partial charge is 0.272 e. The summed E-state index contributed by atoms with van der Waals surface area (Å²) in [5.41, 5.74) is 0.378. The van der Waals surface area contributed by atoms with Crippen molar-refractivity contribution >= 4 is 11.4 Å². The molecule has 0 unspecified atom stereocenters. The number of carbonyl (C=O) groups is 1. The number of rotatable bonds is 6. The molecular weight excluding hydrogens is 405 g/mol. The highest BCUT2D eigenvalue weighted by molar-refractivity contribution is 5.76. The third-order valence-electron chi connectivity index (χ3n) is 5.63. The Kier molecular flexibility index (Phi) is 5.88. The largest absolute Gasteiger partial charge is 0.480 e. The van der Waals surface area contributed by atoms with E-state index in [2.05, 4.69) is 10.1 Å². The molecule has 1 fully saturated rings. The van der Waals surface area contributed by atoms with E-state index in [9.17, 15) is 18.8 Å². The number of fused-ring (bicyclic) bond motifs is 1. The van der Waals surface area contributed by atoms with Crippen molar-refractivity contribution in [2.45, 2.75) is 38.1 Å². The highest BCUT2D eigenvalue weighted by Gasteiger charge is 2.25. The van der Waals surface area contributed by atoms with Gasteiger partial charge in [0.2, 0.25) is 11.8 Å². The highest BCUT2D eigenvalue weighted by atomic mass is 19.1. The molecule has 10 heteroatoms. The van der Waals surface area contributed by atoms with Gasteiger partial charge in [0, 0.05) is 55.8 Å². The lowest BCUT2D eigenvalue weighted by Gasteiger charge is -2.32. The summed E-state index contributed by atoms with van der Waals surface area (Å²) in [5.74, 6) is -0.0375. The molecule has 1 N–H and O–H groups in total. The number of amides is 1. The Morgan fingerprint density at radius 2 is 2.03 bits per heavy atom. The van der Waals surface area contributed by atoms with E-state index < -0.39 is 5.82 Å². The second-order valence-electron chi connectivity index (χ2n) is 7.68. The van der Waals surface area contributed by atoms with Gasteiger partial charge in [-0.3, -0.25) is 14.4 Å². The van der Waals surface area contributed by atoms with E-state index in [1.807, 2.05) is 0 Å². The third-order valence-corrected chi connectivity index (χ3v) is 5.63. The minimum Gasteiger partial charge on any atom is -0.480 e. The molecule has 4 rings (SSSR count). The predicted molar refractivity (Wildman–Crippen MR) is 111 cm³/mol. The zero-order chi connectivity index (χ0) is 22.0. The number of ether oxygens (including phenoxy) is 1. The molecule has 0 aliphatic carbocycles. The van der Waals surface area contributed by atoms with Crippen LogP contribution in [0.25, 0.3) is 5.52 Å². The van der Waals surface area contributed by atoms with Crippen LogP contribution in [-0.4, -0.2) is 50.2 Å². The fraction of sp³-hybridized carbons (Fsp3) is 0.429. The summed E-state index contributed by atoms with van der Waals surface area (Å²) in [6, 6.07) is 4.10. The van der Waals surface area contributed by atoms with Gasteiger partial charge in [-0.05, 0) is 25.7 Å². The maximum Gasteiger partial charge on any atom is 0.272 e. The minimum atomic E-state index is -0.465. The first-order chi connectivity index (χ1) is 14.9. The number of piperidine rings is 1. The van der Waals surface area contributed by atoms with E-state index >= 15 is 0 Å². The summed E-state index contributed by atoms with van der Waals surface area (Å²) < 4.78 is 21.3. The van der Waals surface area contributed by atoms with Gasteiger partial charge in [0.25, 0.3) is 11.1 Å². The molecule has 1 amide bonds. The van der Waals surface area contributed by atoms with Gasteiger partial charge in [0.05, 0.1) is 13.2 Å². The first kappa shape index (κ1) is 20.8. The first-order valence-corrected chi connectivity index (χ1v) is 10.3. The fourth-order valence-electron chi connectivity index (χ4n) is 4.00. The number of hydrogen-bond donors (Lipinski definition) is 1. The summed E-state index contributed by atoms with van der Waals surface area (Å²) in [7, 11) is 1.50. The van der Waals surface area contributed by atoms with E-state index in [-0.39, 0.29) is 28.6 Å². The SMILES string of the molecule is COc1ccc(=O)n(C2CCN(C(=O)CCCc3cn4cc(F)cc4c(=O)[nH]3)CC2)n1. The summed E-state index contributed by atoms with van der Waals surface area (Å²) in [6.45, 7) is 1.11. The topological polar surface area (TPSA) is 102 Å². The number of likely N-dealkylation sites (tertiary alicyclic amines) is 1. The number of nitrogens with zero attached hydrogens (tertiary/aromatic N) is 4. The quantitative estimate of drug-likeness (QED) is 0.640. The van der Waals surface area contributed by atoms with E-state index in [0.29, 0.717) is 56.8 Å². The van der Waals surface area contributed by atoms with Crippen molar-refractivity contribution in [2.24, 2.45) is 0 Å². The molecule has 3 aromatic heterocycles. The zero-order valence-corrected chi connectivity index (χ0v) is 17.2. The average molecular weight is 429 g/mol. The maximum atomic E-state index is 13.3. The minimum absolute atomic E-state index is 0.0415. The molecule has 164 valence electrons. The van der Waals surface area contributed by atoms with Crippen LogP contribution in [0.2, 0.25) is 0 Å². The molecule has 9 nitrogen and oxygen atoms in total. The van der Waals surface area contributed by atoms with Gasteiger partial charge in [-0.1, -0.05) is 0 Å².